The number of aliphatic carboxylic acids is 2. The lowest BCUT2D eigenvalue weighted by molar-refractivity contribution is -0.140. The summed E-state index contributed by atoms with van der Waals surface area (Å²) in [5, 5.41) is 57.9. The minimum Gasteiger partial charge on any atom is -0.481 e. The molecule has 12 nitrogen and oxygen atoms in total. The van der Waals surface area contributed by atoms with Crippen LogP contribution in [0.15, 0.2) is 0 Å². The number of amides is 2. The Labute approximate surface area is 174 Å². The van der Waals surface area contributed by atoms with Crippen LogP contribution in [-0.4, -0.2) is 92.9 Å². The molecule has 0 spiro atoms. The predicted octanol–water partition coefficient (Wildman–Crippen LogP) is -2.09. The summed E-state index contributed by atoms with van der Waals surface area (Å²) < 4.78 is 0. The quantitative estimate of drug-likeness (QED) is 0.166. The van der Waals surface area contributed by atoms with Crippen LogP contribution in [0, 0.1) is 10.8 Å². The molecule has 0 aromatic heterocycles. The second-order valence-electron chi connectivity index (χ2n) is 7.97. The fourth-order valence-electron chi connectivity index (χ4n) is 1.66. The molecule has 2 atom stereocenters. The van der Waals surface area contributed by atoms with Crippen molar-refractivity contribution in [1.29, 1.82) is 0 Å². The summed E-state index contributed by atoms with van der Waals surface area (Å²) in [6.07, 6.45) is -3.09. The van der Waals surface area contributed by atoms with E-state index in [4.69, 9.17) is 20.4 Å². The van der Waals surface area contributed by atoms with E-state index < -0.39 is 46.8 Å². The van der Waals surface area contributed by atoms with Crippen molar-refractivity contribution in [3.8, 4) is 0 Å². The number of carbonyl (C=O) groups is 4. The van der Waals surface area contributed by atoms with Gasteiger partial charge < -0.3 is 41.3 Å². The average Bonchev–Trinajstić information content (AvgIpc) is 2.66. The third kappa shape index (κ3) is 12.3. The molecular formula is C18H34N2O10. The first-order valence-corrected chi connectivity index (χ1v) is 9.19. The molecule has 0 aliphatic rings. The predicted molar refractivity (Wildman–Crippen MR) is 104 cm³/mol. The van der Waals surface area contributed by atoms with Crippen LogP contribution in [0.2, 0.25) is 0 Å². The average molecular weight is 438 g/mol. The molecule has 0 aromatic rings. The monoisotopic (exact) mass is 438 g/mol. The Morgan fingerprint density at radius 1 is 0.700 bits per heavy atom. The molecule has 8 N–H and O–H groups in total. The molecular weight excluding hydrogens is 404 g/mol. The van der Waals surface area contributed by atoms with Gasteiger partial charge in [0.25, 0.3) is 0 Å². The van der Waals surface area contributed by atoms with Gasteiger partial charge in [0.15, 0.2) is 0 Å². The maximum atomic E-state index is 11.3. The van der Waals surface area contributed by atoms with Crippen LogP contribution in [0.5, 0.6) is 0 Å². The van der Waals surface area contributed by atoms with Gasteiger partial charge in [0.05, 0.1) is 26.1 Å². The SMILES string of the molecule is CC(C)(CO)C(O)C(=O)NCCC(=O)O.CC(C)(CO)C(O)C(=O)NCCC(=O)O. The number of aliphatic hydroxyl groups is 4. The number of carbonyl (C=O) groups excluding carboxylic acids is 2. The van der Waals surface area contributed by atoms with E-state index in [-0.39, 0.29) is 39.1 Å². The molecule has 0 heterocycles. The molecule has 0 fully saturated rings. The highest BCUT2D eigenvalue weighted by atomic mass is 16.4. The number of nitrogens with one attached hydrogen (secondary N) is 2. The van der Waals surface area contributed by atoms with Crippen LogP contribution in [0.1, 0.15) is 40.5 Å². The Balaban J connectivity index is 0. The van der Waals surface area contributed by atoms with Crippen molar-refractivity contribution >= 4 is 23.8 Å². The van der Waals surface area contributed by atoms with Crippen LogP contribution < -0.4 is 10.6 Å². The Kier molecular flexibility index (Phi) is 13.8. The van der Waals surface area contributed by atoms with Crippen LogP contribution in [0.25, 0.3) is 0 Å². The zero-order chi connectivity index (χ0) is 24.1. The topological polar surface area (TPSA) is 214 Å². The molecule has 0 aliphatic carbocycles. The fourth-order valence-corrected chi connectivity index (χ4v) is 1.66. The van der Waals surface area contributed by atoms with Crippen molar-refractivity contribution in [3.63, 3.8) is 0 Å². The summed E-state index contributed by atoms with van der Waals surface area (Å²) in [5.41, 5.74) is -1.87. The van der Waals surface area contributed by atoms with E-state index in [0.717, 1.165) is 0 Å². The Morgan fingerprint density at radius 2 is 0.967 bits per heavy atom. The Hall–Kier alpha value is -2.28. The fraction of sp³-hybridized carbons (Fsp3) is 0.778. The van der Waals surface area contributed by atoms with E-state index in [2.05, 4.69) is 10.6 Å². The standard InChI is InChI=1S/2C9H17NO5/c2*1-9(2,5-11)7(14)8(15)10-4-3-6(12)13/h2*7,11,14H,3-5H2,1-2H3,(H,10,15)(H,12,13). The van der Waals surface area contributed by atoms with Crippen LogP contribution in [-0.2, 0) is 19.2 Å². The van der Waals surface area contributed by atoms with Crippen molar-refractivity contribution < 1.29 is 49.8 Å². The van der Waals surface area contributed by atoms with E-state index in [1.165, 1.54) is 27.7 Å². The zero-order valence-electron chi connectivity index (χ0n) is 17.7. The first kappa shape index (κ1) is 29.9. The highest BCUT2D eigenvalue weighted by Gasteiger charge is 2.33. The van der Waals surface area contributed by atoms with E-state index in [1.807, 2.05) is 0 Å². The van der Waals surface area contributed by atoms with Crippen LogP contribution in [0.4, 0.5) is 0 Å². The number of aliphatic hydroxyl groups excluding tert-OH is 4. The van der Waals surface area contributed by atoms with Crippen molar-refractivity contribution in [2.24, 2.45) is 10.8 Å². The lowest BCUT2D eigenvalue weighted by Gasteiger charge is -2.26. The van der Waals surface area contributed by atoms with Gasteiger partial charge in [0, 0.05) is 23.9 Å². The normalized spacial score (nSPS) is 13.3. The molecule has 0 saturated heterocycles. The smallest absolute Gasteiger partial charge is 0.305 e. The number of hydrogen-bond donors (Lipinski definition) is 8. The summed E-state index contributed by atoms with van der Waals surface area (Å²) in [6.45, 7) is 5.41. The summed E-state index contributed by atoms with van der Waals surface area (Å²) in [4.78, 5) is 42.8. The summed E-state index contributed by atoms with van der Waals surface area (Å²) in [7, 11) is 0. The maximum absolute atomic E-state index is 11.3. The number of rotatable bonds is 12. The number of hydrogen-bond acceptors (Lipinski definition) is 8. The van der Waals surface area contributed by atoms with Crippen molar-refractivity contribution in [2.75, 3.05) is 26.3 Å². The van der Waals surface area contributed by atoms with E-state index in [1.54, 1.807) is 0 Å². The van der Waals surface area contributed by atoms with E-state index in [9.17, 15) is 29.4 Å². The van der Waals surface area contributed by atoms with Gasteiger partial charge >= 0.3 is 11.9 Å². The van der Waals surface area contributed by atoms with Gasteiger partial charge in [-0.2, -0.15) is 0 Å². The third-order valence-electron chi connectivity index (χ3n) is 4.07. The van der Waals surface area contributed by atoms with E-state index in [0.29, 0.717) is 0 Å². The highest BCUT2D eigenvalue weighted by molar-refractivity contribution is 5.82. The van der Waals surface area contributed by atoms with Gasteiger partial charge in [-0.3, -0.25) is 19.2 Å². The van der Waals surface area contributed by atoms with Crippen molar-refractivity contribution in [1.82, 2.24) is 10.6 Å². The summed E-state index contributed by atoms with van der Waals surface area (Å²) in [6, 6.07) is 0. The van der Waals surface area contributed by atoms with Gasteiger partial charge in [-0.1, -0.05) is 27.7 Å². The molecule has 0 bridgehead atoms. The third-order valence-corrected chi connectivity index (χ3v) is 4.07. The number of carboxylic acids is 2. The molecule has 0 saturated carbocycles. The Morgan fingerprint density at radius 3 is 1.17 bits per heavy atom. The minimum absolute atomic E-state index is 0.0350. The second-order valence-corrected chi connectivity index (χ2v) is 7.97. The van der Waals surface area contributed by atoms with Gasteiger partial charge in [0.2, 0.25) is 11.8 Å². The molecule has 0 rings (SSSR count). The van der Waals surface area contributed by atoms with Crippen LogP contribution >= 0.6 is 0 Å². The molecule has 0 radical (unpaired) electrons. The molecule has 0 aliphatic heterocycles. The molecule has 2 unspecified atom stereocenters. The van der Waals surface area contributed by atoms with Crippen LogP contribution in [0.3, 0.4) is 0 Å². The lowest BCUT2D eigenvalue weighted by atomic mass is 9.87. The first-order chi connectivity index (χ1) is 13.6. The van der Waals surface area contributed by atoms with Crippen molar-refractivity contribution in [2.45, 2.75) is 52.7 Å². The van der Waals surface area contributed by atoms with Gasteiger partial charge in [-0.05, 0) is 0 Å². The first-order valence-electron chi connectivity index (χ1n) is 9.19. The minimum atomic E-state index is -1.35. The molecule has 30 heavy (non-hydrogen) atoms. The highest BCUT2D eigenvalue weighted by Crippen LogP contribution is 2.20. The molecule has 176 valence electrons. The Bertz CT molecular complexity index is 527. The van der Waals surface area contributed by atoms with Crippen molar-refractivity contribution in [3.05, 3.63) is 0 Å². The zero-order valence-corrected chi connectivity index (χ0v) is 17.7. The molecule has 12 heteroatoms. The van der Waals surface area contributed by atoms with Gasteiger partial charge in [-0.25, -0.2) is 0 Å². The van der Waals surface area contributed by atoms with E-state index >= 15 is 0 Å². The molecule has 0 aromatic carbocycles. The lowest BCUT2D eigenvalue weighted by Crippen LogP contribution is -2.45. The van der Waals surface area contributed by atoms with Gasteiger partial charge in [0.1, 0.15) is 12.2 Å². The summed E-state index contributed by atoms with van der Waals surface area (Å²) in [5.74, 6) is -3.39. The molecule has 2 amide bonds. The second kappa shape index (κ2) is 13.9. The maximum Gasteiger partial charge on any atom is 0.305 e. The summed E-state index contributed by atoms with van der Waals surface area (Å²) >= 11 is 0. The largest absolute Gasteiger partial charge is 0.481 e. The van der Waals surface area contributed by atoms with Gasteiger partial charge in [-0.15, -0.1) is 0 Å². The number of carboxylic acid groups (broad SMARTS) is 2.